The first-order valence-corrected chi connectivity index (χ1v) is 11.3. The molecule has 146 valence electrons. The number of hydrogen-bond acceptors (Lipinski definition) is 3. The standard InChI is InChI=1S/C18H27F2NO4Si/c1-18(2,3)26(4,5)25-10-9-15(17(23)24)21-16(22)11-12-13(19)7-6-8-14(12)20/h6-8,15H,9-11H2,1-5H3,(H,21,22)(H,23,24)/t15-/m0/s1. The molecule has 2 N–H and O–H groups in total. The fraction of sp³-hybridized carbons (Fsp3) is 0.556. The maximum atomic E-state index is 13.6. The van der Waals surface area contributed by atoms with Crippen LogP contribution < -0.4 is 5.32 Å². The summed E-state index contributed by atoms with van der Waals surface area (Å²) in [4.78, 5) is 23.4. The molecular weight excluding hydrogens is 360 g/mol. The van der Waals surface area contributed by atoms with Gasteiger partial charge in [0.15, 0.2) is 8.32 Å². The number of carboxylic acids is 1. The van der Waals surface area contributed by atoms with Crippen molar-refractivity contribution in [2.75, 3.05) is 6.61 Å². The van der Waals surface area contributed by atoms with Gasteiger partial charge in [-0.3, -0.25) is 4.79 Å². The number of carbonyl (C=O) groups excluding carboxylic acids is 1. The molecule has 0 aromatic heterocycles. The Kier molecular flexibility index (Phi) is 7.46. The van der Waals surface area contributed by atoms with E-state index in [2.05, 4.69) is 26.1 Å². The molecule has 1 atom stereocenters. The van der Waals surface area contributed by atoms with E-state index in [1.54, 1.807) is 0 Å². The van der Waals surface area contributed by atoms with Crippen LogP contribution in [0.4, 0.5) is 8.78 Å². The van der Waals surface area contributed by atoms with Gasteiger partial charge >= 0.3 is 5.97 Å². The molecule has 0 aliphatic carbocycles. The summed E-state index contributed by atoms with van der Waals surface area (Å²) >= 11 is 0. The fourth-order valence-corrected chi connectivity index (χ4v) is 3.07. The molecule has 26 heavy (non-hydrogen) atoms. The first-order chi connectivity index (χ1) is 11.8. The zero-order valence-corrected chi connectivity index (χ0v) is 16.9. The van der Waals surface area contributed by atoms with Crippen molar-refractivity contribution in [3.05, 3.63) is 35.4 Å². The van der Waals surface area contributed by atoms with Crippen LogP contribution in [0, 0.1) is 11.6 Å². The van der Waals surface area contributed by atoms with Gasteiger partial charge in [0.05, 0.1) is 6.42 Å². The Morgan fingerprint density at radius 3 is 2.23 bits per heavy atom. The van der Waals surface area contributed by atoms with Crippen LogP contribution >= 0.6 is 0 Å². The summed E-state index contributed by atoms with van der Waals surface area (Å²) in [5.41, 5.74) is -0.383. The summed E-state index contributed by atoms with van der Waals surface area (Å²) in [7, 11) is -2.03. The highest BCUT2D eigenvalue weighted by atomic mass is 28.4. The lowest BCUT2D eigenvalue weighted by Crippen LogP contribution is -2.45. The topological polar surface area (TPSA) is 75.6 Å². The third-order valence-electron chi connectivity index (χ3n) is 4.71. The van der Waals surface area contributed by atoms with E-state index >= 15 is 0 Å². The molecule has 0 bridgehead atoms. The molecule has 1 aromatic carbocycles. The Morgan fingerprint density at radius 1 is 1.23 bits per heavy atom. The van der Waals surface area contributed by atoms with Gasteiger partial charge in [0.2, 0.25) is 5.91 Å². The average Bonchev–Trinajstić information content (AvgIpc) is 2.48. The largest absolute Gasteiger partial charge is 0.480 e. The van der Waals surface area contributed by atoms with Crippen LogP contribution in [0.25, 0.3) is 0 Å². The van der Waals surface area contributed by atoms with Gasteiger partial charge < -0.3 is 14.8 Å². The third kappa shape index (κ3) is 6.17. The predicted octanol–water partition coefficient (Wildman–Crippen LogP) is 3.49. The van der Waals surface area contributed by atoms with Crippen LogP contribution in [0.5, 0.6) is 0 Å². The zero-order valence-electron chi connectivity index (χ0n) is 15.9. The molecule has 0 aliphatic rings. The lowest BCUT2D eigenvalue weighted by molar-refractivity contribution is -0.142. The Morgan fingerprint density at radius 2 is 1.77 bits per heavy atom. The van der Waals surface area contributed by atoms with Gasteiger partial charge in [0.1, 0.15) is 17.7 Å². The fourth-order valence-electron chi connectivity index (χ4n) is 2.01. The van der Waals surface area contributed by atoms with Crippen LogP contribution in [0.15, 0.2) is 18.2 Å². The quantitative estimate of drug-likeness (QED) is 0.670. The molecule has 0 fully saturated rings. The van der Waals surface area contributed by atoms with Gasteiger partial charge in [-0.1, -0.05) is 26.8 Å². The number of benzene rings is 1. The summed E-state index contributed by atoms with van der Waals surface area (Å²) in [6.45, 7) is 10.5. The first-order valence-electron chi connectivity index (χ1n) is 8.44. The van der Waals surface area contributed by atoms with Gasteiger partial charge in [0, 0.05) is 18.6 Å². The highest BCUT2D eigenvalue weighted by Crippen LogP contribution is 2.36. The van der Waals surface area contributed by atoms with E-state index in [-0.39, 0.29) is 23.6 Å². The van der Waals surface area contributed by atoms with Crippen LogP contribution in [0.3, 0.4) is 0 Å². The first kappa shape index (κ1) is 22.2. The zero-order chi connectivity index (χ0) is 20.1. The number of halogens is 2. The normalized spacial score (nSPS) is 13.3. The Labute approximate surface area is 153 Å². The molecule has 1 amide bonds. The van der Waals surface area contributed by atoms with Crippen molar-refractivity contribution in [2.45, 2.75) is 57.8 Å². The van der Waals surface area contributed by atoms with Crippen LogP contribution in [-0.2, 0) is 20.4 Å². The minimum atomic E-state index is -2.03. The van der Waals surface area contributed by atoms with Gasteiger partial charge in [0.25, 0.3) is 0 Å². The summed E-state index contributed by atoms with van der Waals surface area (Å²) in [5.74, 6) is -3.65. The molecule has 0 saturated carbocycles. The molecule has 1 rings (SSSR count). The maximum absolute atomic E-state index is 13.6. The molecule has 0 unspecified atom stereocenters. The van der Waals surface area contributed by atoms with E-state index in [9.17, 15) is 23.5 Å². The number of aliphatic carboxylic acids is 1. The second-order valence-electron chi connectivity index (χ2n) is 7.73. The molecule has 1 aromatic rings. The van der Waals surface area contributed by atoms with Crippen LogP contribution in [0.2, 0.25) is 18.1 Å². The third-order valence-corrected chi connectivity index (χ3v) is 9.25. The van der Waals surface area contributed by atoms with E-state index < -0.39 is 44.3 Å². The van der Waals surface area contributed by atoms with Crippen molar-refractivity contribution in [1.29, 1.82) is 0 Å². The maximum Gasteiger partial charge on any atom is 0.326 e. The van der Waals surface area contributed by atoms with Crippen molar-refractivity contribution >= 4 is 20.2 Å². The molecule has 5 nitrogen and oxygen atoms in total. The van der Waals surface area contributed by atoms with Crippen molar-refractivity contribution in [3.63, 3.8) is 0 Å². The molecule has 0 saturated heterocycles. The van der Waals surface area contributed by atoms with E-state index in [0.717, 1.165) is 12.1 Å². The van der Waals surface area contributed by atoms with Crippen LogP contribution in [0.1, 0.15) is 32.8 Å². The second kappa shape index (κ2) is 8.72. The van der Waals surface area contributed by atoms with E-state index in [1.807, 2.05) is 13.1 Å². The SMILES string of the molecule is CC(C)(C)[Si](C)(C)OCC[C@H](NC(=O)Cc1c(F)cccc1F)C(=O)O. The van der Waals surface area contributed by atoms with Crippen molar-refractivity contribution in [1.82, 2.24) is 5.32 Å². The second-order valence-corrected chi connectivity index (χ2v) is 12.5. The number of rotatable bonds is 8. The Balaban J connectivity index is 2.66. The van der Waals surface area contributed by atoms with Crippen LogP contribution in [-0.4, -0.2) is 37.9 Å². The molecule has 0 heterocycles. The lowest BCUT2D eigenvalue weighted by Gasteiger charge is -2.36. The van der Waals surface area contributed by atoms with Gasteiger partial charge in [-0.2, -0.15) is 0 Å². The summed E-state index contributed by atoms with van der Waals surface area (Å²) in [6.07, 6.45) is -0.487. The number of carboxylic acid groups (broad SMARTS) is 1. The Bertz CT molecular complexity index is 639. The van der Waals surface area contributed by atoms with E-state index in [0.29, 0.717) is 0 Å². The lowest BCUT2D eigenvalue weighted by atomic mass is 10.1. The molecule has 8 heteroatoms. The van der Waals surface area contributed by atoms with Crippen molar-refractivity contribution in [2.24, 2.45) is 0 Å². The summed E-state index contributed by atoms with van der Waals surface area (Å²) in [6, 6.07) is 2.12. The number of carbonyl (C=O) groups is 2. The Hall–Kier alpha value is -1.80. The highest BCUT2D eigenvalue weighted by Gasteiger charge is 2.37. The summed E-state index contributed by atoms with van der Waals surface area (Å²) < 4.78 is 33.1. The number of amides is 1. The number of hydrogen-bond donors (Lipinski definition) is 2. The highest BCUT2D eigenvalue weighted by molar-refractivity contribution is 6.74. The van der Waals surface area contributed by atoms with Crippen molar-refractivity contribution < 1.29 is 27.9 Å². The van der Waals surface area contributed by atoms with E-state index in [4.69, 9.17) is 4.43 Å². The molecule has 0 aliphatic heterocycles. The van der Waals surface area contributed by atoms with E-state index in [1.165, 1.54) is 6.07 Å². The monoisotopic (exact) mass is 387 g/mol. The molecular formula is C18H27F2NO4Si. The smallest absolute Gasteiger partial charge is 0.326 e. The van der Waals surface area contributed by atoms with Crippen molar-refractivity contribution in [3.8, 4) is 0 Å². The minimum Gasteiger partial charge on any atom is -0.480 e. The number of nitrogens with one attached hydrogen (secondary N) is 1. The molecule has 0 spiro atoms. The summed E-state index contributed by atoms with van der Waals surface area (Å²) in [5, 5.41) is 11.6. The molecule has 0 radical (unpaired) electrons. The van der Waals surface area contributed by atoms with Gasteiger partial charge in [-0.15, -0.1) is 0 Å². The predicted molar refractivity (Wildman–Crippen MR) is 97.4 cm³/mol. The minimum absolute atomic E-state index is 0.0165. The average molecular weight is 387 g/mol. The van der Waals surface area contributed by atoms with Gasteiger partial charge in [-0.25, -0.2) is 13.6 Å². The van der Waals surface area contributed by atoms with Gasteiger partial charge in [-0.05, 0) is 30.3 Å².